The van der Waals surface area contributed by atoms with Gasteiger partial charge in [-0.3, -0.25) is 0 Å². The fourth-order valence-electron chi connectivity index (χ4n) is 1.50. The minimum atomic E-state index is -4.27. The Morgan fingerprint density at radius 3 is 1.63 bits per heavy atom. The summed E-state index contributed by atoms with van der Waals surface area (Å²) in [5.74, 6) is 0. The molecule has 0 aliphatic heterocycles. The summed E-state index contributed by atoms with van der Waals surface area (Å²) in [5.41, 5.74) is 0. The topological polar surface area (TPSA) is 114 Å². The normalized spacial score (nSPS) is 14.9. The van der Waals surface area contributed by atoms with Gasteiger partial charge in [-0.05, 0) is 26.2 Å². The van der Waals surface area contributed by atoms with Crippen LogP contribution < -0.4 is 59.1 Å². The van der Waals surface area contributed by atoms with E-state index >= 15 is 0 Å². The Hall–Kier alpha value is 1.82. The van der Waals surface area contributed by atoms with E-state index in [1.54, 1.807) is 6.92 Å². The zero-order valence-corrected chi connectivity index (χ0v) is 17.6. The van der Waals surface area contributed by atoms with E-state index < -0.39 is 30.7 Å². The number of unbranched alkanes of at least 4 members (excludes halogenated alkanes) is 1. The molecule has 10 heteroatoms. The first kappa shape index (κ1) is 25.8. The van der Waals surface area contributed by atoms with Crippen molar-refractivity contribution in [2.45, 2.75) is 56.5 Å². The first-order valence-electron chi connectivity index (χ1n) is 5.48. The van der Waals surface area contributed by atoms with Crippen molar-refractivity contribution in [2.24, 2.45) is 0 Å². The van der Waals surface area contributed by atoms with E-state index in [0.717, 1.165) is 0 Å². The largest absolute Gasteiger partial charge is 1.00 e. The fraction of sp³-hybridized carbons (Fsp3) is 1.00. The SMILES string of the molecule is CCC(CCCCC(C)S(=O)(=O)[O-])S(=O)(=O)[O-].[Na+].[Na+]. The number of hydrogen-bond donors (Lipinski definition) is 0. The van der Waals surface area contributed by atoms with E-state index in [-0.39, 0.29) is 78.4 Å². The molecule has 0 rings (SSSR count). The van der Waals surface area contributed by atoms with Crippen LogP contribution in [0.2, 0.25) is 0 Å². The quantitative estimate of drug-likeness (QED) is 0.249. The summed E-state index contributed by atoms with van der Waals surface area (Å²) in [6.07, 6.45) is 1.52. The summed E-state index contributed by atoms with van der Waals surface area (Å²) in [7, 11) is -8.54. The van der Waals surface area contributed by atoms with Crippen molar-refractivity contribution in [3.63, 3.8) is 0 Å². The van der Waals surface area contributed by atoms with Crippen LogP contribution in [0.4, 0.5) is 0 Å². The molecule has 19 heavy (non-hydrogen) atoms. The van der Waals surface area contributed by atoms with Crippen molar-refractivity contribution < 1.29 is 85.1 Å². The zero-order chi connectivity index (χ0) is 13.7. The first-order valence-corrected chi connectivity index (χ1v) is 8.42. The van der Waals surface area contributed by atoms with Crippen LogP contribution in [0.25, 0.3) is 0 Å². The van der Waals surface area contributed by atoms with Gasteiger partial charge in [-0.1, -0.05) is 19.8 Å². The van der Waals surface area contributed by atoms with Crippen LogP contribution in [0.5, 0.6) is 0 Å². The Bertz CT molecular complexity index is 420. The molecule has 2 unspecified atom stereocenters. The second-order valence-corrected chi connectivity index (χ2v) is 7.55. The van der Waals surface area contributed by atoms with E-state index in [4.69, 9.17) is 0 Å². The molecule has 0 amide bonds. The third-order valence-corrected chi connectivity index (χ3v) is 5.35. The Balaban J connectivity index is -0.00000128. The zero-order valence-electron chi connectivity index (χ0n) is 12.0. The predicted octanol–water partition coefficient (Wildman–Crippen LogP) is -5.19. The Kier molecular flexibility index (Phi) is 15.4. The molecule has 104 valence electrons. The summed E-state index contributed by atoms with van der Waals surface area (Å²) in [4.78, 5) is 0. The van der Waals surface area contributed by atoms with Crippen LogP contribution in [-0.2, 0) is 20.2 Å². The third kappa shape index (κ3) is 12.1. The maximum absolute atomic E-state index is 10.7. The molecule has 0 aromatic heterocycles. The van der Waals surface area contributed by atoms with E-state index in [9.17, 15) is 25.9 Å². The molecule has 2 atom stereocenters. The number of rotatable bonds is 8. The maximum Gasteiger partial charge on any atom is 1.00 e. The number of hydrogen-bond acceptors (Lipinski definition) is 6. The van der Waals surface area contributed by atoms with Gasteiger partial charge in [0, 0.05) is 10.5 Å². The Labute approximate surface area is 160 Å². The Morgan fingerprint density at radius 1 is 0.895 bits per heavy atom. The molecule has 0 aliphatic rings. The predicted molar refractivity (Wildman–Crippen MR) is 61.4 cm³/mol. The average molecular weight is 332 g/mol. The monoisotopic (exact) mass is 332 g/mol. The van der Waals surface area contributed by atoms with Crippen molar-refractivity contribution in [3.05, 3.63) is 0 Å². The van der Waals surface area contributed by atoms with Gasteiger partial charge in [-0.2, -0.15) is 0 Å². The molecule has 0 aromatic carbocycles. The summed E-state index contributed by atoms with van der Waals surface area (Å²) >= 11 is 0. The third-order valence-electron chi connectivity index (χ3n) is 2.74. The first-order chi connectivity index (χ1) is 7.59. The minimum absolute atomic E-state index is 0. The summed E-state index contributed by atoms with van der Waals surface area (Å²) in [5, 5.41) is -1.88. The van der Waals surface area contributed by atoms with Crippen LogP contribution in [0.1, 0.15) is 46.0 Å². The minimum Gasteiger partial charge on any atom is -0.748 e. The van der Waals surface area contributed by atoms with Gasteiger partial charge in [-0.15, -0.1) is 0 Å². The van der Waals surface area contributed by atoms with Crippen LogP contribution in [0.15, 0.2) is 0 Å². The van der Waals surface area contributed by atoms with Crippen molar-refractivity contribution in [2.75, 3.05) is 0 Å². The standard InChI is InChI=1S/C9H20O6S2.2Na/c1-3-9(17(13,14)15)7-5-4-6-8(2)16(10,11)12;;/h8-9H,3-7H2,1-2H3,(H,10,11,12)(H,13,14,15);;/q;2*+1/p-2. The smallest absolute Gasteiger partial charge is 0.748 e. The van der Waals surface area contributed by atoms with Gasteiger partial charge >= 0.3 is 59.1 Å². The Morgan fingerprint density at radius 2 is 1.32 bits per heavy atom. The molecule has 0 fully saturated rings. The molecule has 0 aromatic rings. The van der Waals surface area contributed by atoms with E-state index in [0.29, 0.717) is 12.8 Å². The van der Waals surface area contributed by atoms with Gasteiger partial charge < -0.3 is 9.11 Å². The molecule has 0 radical (unpaired) electrons. The van der Waals surface area contributed by atoms with Gasteiger partial charge in [0.05, 0.1) is 20.2 Å². The second kappa shape index (κ2) is 11.4. The van der Waals surface area contributed by atoms with E-state index in [1.807, 2.05) is 0 Å². The summed E-state index contributed by atoms with van der Waals surface area (Å²) in [6.45, 7) is 2.94. The molecule has 6 nitrogen and oxygen atoms in total. The summed E-state index contributed by atoms with van der Waals surface area (Å²) in [6, 6.07) is 0. The van der Waals surface area contributed by atoms with Gasteiger partial charge in [0.15, 0.2) is 0 Å². The van der Waals surface area contributed by atoms with Crippen molar-refractivity contribution in [1.82, 2.24) is 0 Å². The molecular weight excluding hydrogens is 314 g/mol. The van der Waals surface area contributed by atoms with Crippen molar-refractivity contribution in [3.8, 4) is 0 Å². The molecular formula is C9H18Na2O6S2. The average Bonchev–Trinajstić information content (AvgIpc) is 2.13. The van der Waals surface area contributed by atoms with Gasteiger partial charge in [0.1, 0.15) is 0 Å². The van der Waals surface area contributed by atoms with Crippen LogP contribution in [0.3, 0.4) is 0 Å². The van der Waals surface area contributed by atoms with Crippen molar-refractivity contribution in [1.29, 1.82) is 0 Å². The van der Waals surface area contributed by atoms with Crippen LogP contribution in [-0.4, -0.2) is 36.4 Å². The molecule has 0 saturated heterocycles. The van der Waals surface area contributed by atoms with Crippen LogP contribution in [0, 0.1) is 0 Å². The maximum atomic E-state index is 10.7. The van der Waals surface area contributed by atoms with E-state index in [2.05, 4.69) is 0 Å². The molecule has 0 aliphatic carbocycles. The molecule has 0 saturated carbocycles. The molecule has 0 bridgehead atoms. The summed E-state index contributed by atoms with van der Waals surface area (Å²) < 4.78 is 64.0. The van der Waals surface area contributed by atoms with Gasteiger partial charge in [-0.25, -0.2) is 16.8 Å². The fourth-order valence-corrected chi connectivity index (χ4v) is 2.82. The molecule has 0 heterocycles. The van der Waals surface area contributed by atoms with E-state index in [1.165, 1.54) is 6.92 Å². The van der Waals surface area contributed by atoms with Crippen LogP contribution >= 0.6 is 0 Å². The molecule has 0 spiro atoms. The van der Waals surface area contributed by atoms with Gasteiger partial charge in [0.2, 0.25) is 0 Å². The van der Waals surface area contributed by atoms with Gasteiger partial charge in [0.25, 0.3) is 0 Å². The van der Waals surface area contributed by atoms with Crippen molar-refractivity contribution >= 4 is 20.2 Å². The second-order valence-electron chi connectivity index (χ2n) is 4.11. The molecule has 0 N–H and O–H groups in total.